The first-order chi connectivity index (χ1) is 8.72. The second-order valence-electron chi connectivity index (χ2n) is 4.22. The van der Waals surface area contributed by atoms with Crippen LogP contribution in [0.25, 0.3) is 0 Å². The molecule has 0 spiro atoms. The Labute approximate surface area is 112 Å². The van der Waals surface area contributed by atoms with E-state index >= 15 is 0 Å². The highest BCUT2D eigenvalue weighted by Crippen LogP contribution is 2.21. The molecule has 2 aromatic rings. The molecule has 3 heteroatoms. The average molecular weight is 259 g/mol. The van der Waals surface area contributed by atoms with Crippen LogP contribution in [0.3, 0.4) is 0 Å². The van der Waals surface area contributed by atoms with Gasteiger partial charge in [0.25, 0.3) is 0 Å². The number of nitrogens with one attached hydrogen (secondary N) is 1. The Balaban J connectivity index is 2.09. The molecule has 1 heterocycles. The Kier molecular flexibility index (Phi) is 4.15. The van der Waals surface area contributed by atoms with Gasteiger partial charge in [-0.05, 0) is 35.9 Å². The van der Waals surface area contributed by atoms with Crippen LogP contribution < -0.4 is 5.32 Å². The molecule has 0 radical (unpaired) electrons. The van der Waals surface area contributed by atoms with Crippen LogP contribution in [0.5, 0.6) is 0 Å². The number of hydrogen-bond acceptors (Lipinski definition) is 3. The predicted molar refractivity (Wildman–Crippen MR) is 77.7 cm³/mol. The third kappa shape index (κ3) is 2.79. The number of anilines is 1. The lowest BCUT2D eigenvalue weighted by atomic mass is 10.1. The van der Waals surface area contributed by atoms with Gasteiger partial charge in [0.15, 0.2) is 5.78 Å². The van der Waals surface area contributed by atoms with E-state index in [9.17, 15) is 4.79 Å². The van der Waals surface area contributed by atoms with Crippen molar-refractivity contribution >= 4 is 22.8 Å². The molecule has 0 aliphatic carbocycles. The first kappa shape index (κ1) is 12.8. The summed E-state index contributed by atoms with van der Waals surface area (Å²) >= 11 is 1.49. The standard InChI is InChI=1S/C15H17NOS/c1-3-12-7-4-6-11(2)15(12)16-10-13(17)14-8-5-9-18-14/h4-9,16H,3,10H2,1-2H3. The summed E-state index contributed by atoms with van der Waals surface area (Å²) < 4.78 is 0. The molecule has 94 valence electrons. The van der Waals surface area contributed by atoms with Crippen molar-refractivity contribution in [2.24, 2.45) is 0 Å². The molecular formula is C15H17NOS. The normalized spacial score (nSPS) is 10.3. The lowest BCUT2D eigenvalue weighted by Gasteiger charge is -2.13. The van der Waals surface area contributed by atoms with Crippen LogP contribution in [0.1, 0.15) is 27.7 Å². The van der Waals surface area contributed by atoms with Gasteiger partial charge in [-0.25, -0.2) is 0 Å². The highest BCUT2D eigenvalue weighted by Gasteiger charge is 2.09. The molecular weight excluding hydrogens is 242 g/mol. The summed E-state index contributed by atoms with van der Waals surface area (Å²) in [7, 11) is 0. The summed E-state index contributed by atoms with van der Waals surface area (Å²) in [5.41, 5.74) is 3.55. The highest BCUT2D eigenvalue weighted by atomic mass is 32.1. The van der Waals surface area contributed by atoms with Crippen LogP contribution in [0.15, 0.2) is 35.7 Å². The number of carbonyl (C=O) groups excluding carboxylic acids is 1. The first-order valence-corrected chi connectivity index (χ1v) is 6.99. The second kappa shape index (κ2) is 5.83. The zero-order valence-electron chi connectivity index (χ0n) is 10.7. The number of Topliss-reactive ketones (excluding diaryl/α,β-unsaturated/α-hetero) is 1. The van der Waals surface area contributed by atoms with Gasteiger partial charge in [-0.1, -0.05) is 31.2 Å². The number of para-hydroxylation sites is 1. The molecule has 1 aromatic heterocycles. The average Bonchev–Trinajstić information content (AvgIpc) is 2.90. The van der Waals surface area contributed by atoms with Crippen molar-refractivity contribution in [1.82, 2.24) is 0 Å². The number of carbonyl (C=O) groups is 1. The van der Waals surface area contributed by atoms with Crippen molar-refractivity contribution in [2.45, 2.75) is 20.3 Å². The molecule has 18 heavy (non-hydrogen) atoms. The summed E-state index contributed by atoms with van der Waals surface area (Å²) in [6.07, 6.45) is 0.969. The fourth-order valence-electron chi connectivity index (χ4n) is 1.97. The Morgan fingerprint density at radius 1 is 1.28 bits per heavy atom. The molecule has 2 rings (SSSR count). The maximum Gasteiger partial charge on any atom is 0.191 e. The summed E-state index contributed by atoms with van der Waals surface area (Å²) in [5, 5.41) is 5.21. The molecule has 0 aliphatic heterocycles. The second-order valence-corrected chi connectivity index (χ2v) is 5.16. The van der Waals surface area contributed by atoms with Crippen molar-refractivity contribution in [2.75, 3.05) is 11.9 Å². The molecule has 0 saturated carbocycles. The zero-order chi connectivity index (χ0) is 13.0. The van der Waals surface area contributed by atoms with Gasteiger partial charge in [0, 0.05) is 5.69 Å². The van der Waals surface area contributed by atoms with Crippen LogP contribution in [0.4, 0.5) is 5.69 Å². The Bertz CT molecular complexity index is 531. The minimum absolute atomic E-state index is 0.148. The van der Waals surface area contributed by atoms with Gasteiger partial charge in [-0.15, -0.1) is 11.3 Å². The fraction of sp³-hybridized carbons (Fsp3) is 0.267. The van der Waals surface area contributed by atoms with E-state index in [0.29, 0.717) is 6.54 Å². The van der Waals surface area contributed by atoms with Gasteiger partial charge >= 0.3 is 0 Å². The van der Waals surface area contributed by atoms with E-state index in [1.807, 2.05) is 17.5 Å². The third-order valence-electron chi connectivity index (χ3n) is 2.96. The summed E-state index contributed by atoms with van der Waals surface area (Å²) in [6.45, 7) is 4.55. The molecule has 1 N–H and O–H groups in total. The maximum atomic E-state index is 11.9. The van der Waals surface area contributed by atoms with Crippen molar-refractivity contribution < 1.29 is 4.79 Å². The molecule has 0 amide bonds. The number of aryl methyl sites for hydroxylation is 2. The molecule has 0 unspecified atom stereocenters. The summed E-state index contributed by atoms with van der Waals surface area (Å²) in [6, 6.07) is 10.00. The van der Waals surface area contributed by atoms with Crippen LogP contribution in [0.2, 0.25) is 0 Å². The van der Waals surface area contributed by atoms with E-state index in [1.54, 1.807) is 0 Å². The monoisotopic (exact) mass is 259 g/mol. The first-order valence-electron chi connectivity index (χ1n) is 6.11. The van der Waals surface area contributed by atoms with E-state index < -0.39 is 0 Å². The predicted octanol–water partition coefficient (Wildman–Crippen LogP) is 3.91. The van der Waals surface area contributed by atoms with Crippen LogP contribution >= 0.6 is 11.3 Å². The zero-order valence-corrected chi connectivity index (χ0v) is 11.5. The highest BCUT2D eigenvalue weighted by molar-refractivity contribution is 7.12. The lowest BCUT2D eigenvalue weighted by molar-refractivity contribution is 0.101. The van der Waals surface area contributed by atoms with Crippen molar-refractivity contribution in [1.29, 1.82) is 0 Å². The smallest absolute Gasteiger partial charge is 0.191 e. The number of ketones is 1. The van der Waals surface area contributed by atoms with Crippen LogP contribution in [-0.4, -0.2) is 12.3 Å². The van der Waals surface area contributed by atoms with E-state index in [1.165, 1.54) is 22.5 Å². The van der Waals surface area contributed by atoms with E-state index in [2.05, 4.69) is 37.4 Å². The third-order valence-corrected chi connectivity index (χ3v) is 3.87. The van der Waals surface area contributed by atoms with Gasteiger partial charge in [0.2, 0.25) is 0 Å². The van der Waals surface area contributed by atoms with Crippen LogP contribution in [-0.2, 0) is 6.42 Å². The molecule has 0 bridgehead atoms. The topological polar surface area (TPSA) is 29.1 Å². The van der Waals surface area contributed by atoms with E-state index in [4.69, 9.17) is 0 Å². The Morgan fingerprint density at radius 2 is 2.11 bits per heavy atom. The number of thiophene rings is 1. The number of hydrogen-bond donors (Lipinski definition) is 1. The SMILES string of the molecule is CCc1cccc(C)c1NCC(=O)c1cccs1. The van der Waals surface area contributed by atoms with E-state index in [0.717, 1.165) is 17.0 Å². The Hall–Kier alpha value is -1.61. The summed E-state index contributed by atoms with van der Waals surface area (Å²) in [5.74, 6) is 0.148. The molecule has 0 fully saturated rings. The number of rotatable bonds is 5. The fourth-order valence-corrected chi connectivity index (χ4v) is 2.63. The van der Waals surface area contributed by atoms with Crippen molar-refractivity contribution in [3.05, 3.63) is 51.7 Å². The molecule has 0 saturated heterocycles. The largest absolute Gasteiger partial charge is 0.377 e. The molecule has 0 atom stereocenters. The molecule has 0 aliphatic rings. The van der Waals surface area contributed by atoms with Crippen molar-refractivity contribution in [3.63, 3.8) is 0 Å². The van der Waals surface area contributed by atoms with Gasteiger partial charge < -0.3 is 5.32 Å². The van der Waals surface area contributed by atoms with Crippen molar-refractivity contribution in [3.8, 4) is 0 Å². The molecule has 1 aromatic carbocycles. The Morgan fingerprint density at radius 3 is 2.78 bits per heavy atom. The summed E-state index contributed by atoms with van der Waals surface area (Å²) in [4.78, 5) is 12.8. The maximum absolute atomic E-state index is 11.9. The van der Waals surface area contributed by atoms with Gasteiger partial charge in [0.05, 0.1) is 11.4 Å². The minimum atomic E-state index is 0.148. The lowest BCUT2D eigenvalue weighted by Crippen LogP contribution is -2.14. The van der Waals surface area contributed by atoms with Gasteiger partial charge in [0.1, 0.15) is 0 Å². The van der Waals surface area contributed by atoms with E-state index in [-0.39, 0.29) is 5.78 Å². The van der Waals surface area contributed by atoms with Gasteiger partial charge in [-0.3, -0.25) is 4.79 Å². The quantitative estimate of drug-likeness (QED) is 0.825. The number of benzene rings is 1. The minimum Gasteiger partial charge on any atom is -0.377 e. The van der Waals surface area contributed by atoms with Gasteiger partial charge in [-0.2, -0.15) is 0 Å². The molecule has 2 nitrogen and oxygen atoms in total. The van der Waals surface area contributed by atoms with Crippen LogP contribution in [0, 0.1) is 6.92 Å².